The van der Waals surface area contributed by atoms with Crippen LogP contribution in [-0.4, -0.2) is 103 Å². The van der Waals surface area contributed by atoms with E-state index >= 15 is 0 Å². The highest BCUT2D eigenvalue weighted by atomic mass is 19.2. The Hall–Kier alpha value is -3.28. The number of hydrogen-bond donors (Lipinski definition) is 1. The van der Waals surface area contributed by atoms with Gasteiger partial charge in [0.25, 0.3) is 0 Å². The fraction of sp³-hybridized carbons (Fsp3) is 0.533. The Labute approximate surface area is 239 Å². The van der Waals surface area contributed by atoms with Crippen molar-refractivity contribution in [1.29, 1.82) is 0 Å². The van der Waals surface area contributed by atoms with Crippen molar-refractivity contribution in [1.82, 2.24) is 14.7 Å². The van der Waals surface area contributed by atoms with E-state index in [1.807, 2.05) is 34.1 Å². The molecule has 4 rings (SSSR count). The monoisotopic (exact) mass is 575 g/mol. The van der Waals surface area contributed by atoms with Crippen molar-refractivity contribution in [2.75, 3.05) is 66.2 Å². The van der Waals surface area contributed by atoms with Crippen LogP contribution in [0.25, 0.3) is 0 Å². The predicted molar refractivity (Wildman–Crippen MR) is 148 cm³/mol. The summed E-state index contributed by atoms with van der Waals surface area (Å²) in [6.07, 6.45) is 3.44. The van der Waals surface area contributed by atoms with Crippen LogP contribution in [0.3, 0.4) is 0 Å². The zero-order valence-corrected chi connectivity index (χ0v) is 23.5. The van der Waals surface area contributed by atoms with Gasteiger partial charge < -0.3 is 29.1 Å². The number of β-amino-alcohol motifs (C(OH)–C–C–N with tert-alkyl or cyclic N) is 1. The Morgan fingerprint density at radius 1 is 0.976 bits per heavy atom. The summed E-state index contributed by atoms with van der Waals surface area (Å²) in [6.45, 7) is 3.32. The first-order valence-electron chi connectivity index (χ1n) is 14.0. The van der Waals surface area contributed by atoms with E-state index in [0.717, 1.165) is 49.3 Å². The van der Waals surface area contributed by atoms with Crippen LogP contribution in [-0.2, 0) is 20.9 Å². The van der Waals surface area contributed by atoms with Crippen LogP contribution in [0.15, 0.2) is 42.5 Å². The molecule has 0 aromatic heterocycles. The molecule has 1 atom stereocenters. The smallest absolute Gasteiger partial charge is 0.248 e. The van der Waals surface area contributed by atoms with Gasteiger partial charge in [0, 0.05) is 58.9 Å². The topological polar surface area (TPSA) is 91.8 Å². The molecular formula is C30H39F2N3O6. The predicted octanol–water partition coefficient (Wildman–Crippen LogP) is 2.85. The molecule has 2 aliphatic heterocycles. The van der Waals surface area contributed by atoms with Crippen LogP contribution in [0.4, 0.5) is 8.78 Å². The molecule has 11 heteroatoms. The second-order valence-corrected chi connectivity index (χ2v) is 10.7. The normalized spacial score (nSPS) is 20.1. The number of likely N-dealkylation sites (tertiary alicyclic amines) is 1. The molecule has 0 aliphatic carbocycles. The largest absolute Gasteiger partial charge is 0.494 e. The fourth-order valence-corrected chi connectivity index (χ4v) is 5.17. The minimum Gasteiger partial charge on any atom is -0.494 e. The molecule has 2 aromatic rings. The lowest BCUT2D eigenvalue weighted by molar-refractivity contribution is -0.138. The van der Waals surface area contributed by atoms with Gasteiger partial charge in [0.05, 0.1) is 13.2 Å². The minimum atomic E-state index is -1.47. The second-order valence-electron chi connectivity index (χ2n) is 10.7. The van der Waals surface area contributed by atoms with Crippen molar-refractivity contribution >= 4 is 11.8 Å². The maximum absolute atomic E-state index is 13.7. The fourth-order valence-electron chi connectivity index (χ4n) is 5.17. The van der Waals surface area contributed by atoms with Crippen LogP contribution in [0.5, 0.6) is 11.5 Å². The number of piperidine rings is 1. The first-order chi connectivity index (χ1) is 19.7. The van der Waals surface area contributed by atoms with Gasteiger partial charge in [0.2, 0.25) is 11.8 Å². The van der Waals surface area contributed by atoms with Crippen LogP contribution in [0, 0.1) is 11.6 Å². The highest BCUT2D eigenvalue weighted by molar-refractivity contribution is 5.77. The van der Waals surface area contributed by atoms with Gasteiger partial charge >= 0.3 is 0 Å². The molecule has 224 valence electrons. The Morgan fingerprint density at radius 3 is 2.49 bits per heavy atom. The quantitative estimate of drug-likeness (QED) is 0.389. The summed E-state index contributed by atoms with van der Waals surface area (Å²) in [6, 6.07) is 10.9. The van der Waals surface area contributed by atoms with E-state index in [1.165, 1.54) is 18.1 Å². The maximum atomic E-state index is 13.7. The van der Waals surface area contributed by atoms with Gasteiger partial charge in [-0.05, 0) is 49.1 Å². The summed E-state index contributed by atoms with van der Waals surface area (Å²) < 4.78 is 43.5. The van der Waals surface area contributed by atoms with Gasteiger partial charge in [-0.3, -0.25) is 14.5 Å². The summed E-state index contributed by atoms with van der Waals surface area (Å²) in [7, 11) is 1.43. The van der Waals surface area contributed by atoms with Crippen molar-refractivity contribution in [2.24, 2.45) is 0 Å². The van der Waals surface area contributed by atoms with E-state index in [0.29, 0.717) is 39.2 Å². The third-order valence-corrected chi connectivity index (χ3v) is 7.30. The molecule has 1 N–H and O–H groups in total. The highest BCUT2D eigenvalue weighted by Crippen LogP contribution is 2.22. The third kappa shape index (κ3) is 9.11. The Bertz CT molecular complexity index is 1170. The van der Waals surface area contributed by atoms with E-state index in [1.54, 1.807) is 0 Å². The summed E-state index contributed by atoms with van der Waals surface area (Å²) in [5.41, 5.74) is -0.472. The van der Waals surface area contributed by atoms with E-state index < -0.39 is 17.2 Å². The van der Waals surface area contributed by atoms with Crippen molar-refractivity contribution < 1.29 is 37.7 Å². The van der Waals surface area contributed by atoms with Gasteiger partial charge in [-0.2, -0.15) is 0 Å². The number of carbonyl (C=O) groups excluding carboxylic acids is 2. The number of halogens is 2. The number of ether oxygens (including phenoxy) is 3. The molecule has 2 heterocycles. The number of hydrogen-bond acceptors (Lipinski definition) is 7. The average molecular weight is 576 g/mol. The van der Waals surface area contributed by atoms with Gasteiger partial charge in [-0.15, -0.1) is 0 Å². The van der Waals surface area contributed by atoms with Crippen molar-refractivity contribution in [2.45, 2.75) is 37.8 Å². The molecule has 2 fully saturated rings. The van der Waals surface area contributed by atoms with Crippen molar-refractivity contribution in [3.05, 3.63) is 59.7 Å². The highest BCUT2D eigenvalue weighted by Gasteiger charge is 2.37. The van der Waals surface area contributed by atoms with E-state index in [4.69, 9.17) is 14.2 Å². The van der Waals surface area contributed by atoms with E-state index in [9.17, 15) is 23.5 Å². The first kappa shape index (κ1) is 30.7. The van der Waals surface area contributed by atoms with Gasteiger partial charge in [-0.25, -0.2) is 8.78 Å². The number of aliphatic hydroxyl groups is 1. The molecule has 2 saturated heterocycles. The third-order valence-electron chi connectivity index (χ3n) is 7.30. The number of rotatable bonds is 12. The molecule has 41 heavy (non-hydrogen) atoms. The summed E-state index contributed by atoms with van der Waals surface area (Å²) in [5.74, 6) is -1.24. The lowest BCUT2D eigenvalue weighted by Gasteiger charge is -2.33. The van der Waals surface area contributed by atoms with Crippen LogP contribution in [0.2, 0.25) is 0 Å². The molecule has 0 unspecified atom stereocenters. The number of carbonyl (C=O) groups is 2. The number of benzene rings is 2. The zero-order valence-electron chi connectivity index (χ0n) is 23.5. The SMILES string of the molecule is COCC(=O)N1CCN(Cc2ccc(OCCCN3CCCCC3=O)cc2)C[C@@](O)(COc2ccc(F)c(F)c2)C1. The standard InChI is InChI=1S/C30H39F2N3O6/c1-39-19-29(37)35-15-14-33(20-30(38,21-35)22-41-25-10-11-26(31)27(32)17-25)18-23-6-8-24(9-7-23)40-16-4-13-34-12-3-2-5-28(34)36/h6-11,17,38H,2-5,12-16,18-22H2,1H3/t30-/m0/s1. The van der Waals surface area contributed by atoms with Crippen LogP contribution < -0.4 is 9.47 Å². The summed E-state index contributed by atoms with van der Waals surface area (Å²) >= 11 is 0. The molecule has 2 aromatic carbocycles. The minimum absolute atomic E-state index is 0.00513. The molecular weight excluding hydrogens is 536 g/mol. The van der Waals surface area contributed by atoms with Gasteiger partial charge in [0.15, 0.2) is 11.6 Å². The summed E-state index contributed by atoms with van der Waals surface area (Å²) in [5, 5.41) is 11.5. The molecule has 9 nitrogen and oxygen atoms in total. The molecule has 2 amide bonds. The number of nitrogens with zero attached hydrogens (tertiary/aromatic N) is 3. The van der Waals surface area contributed by atoms with Crippen molar-refractivity contribution in [3.8, 4) is 11.5 Å². The lowest BCUT2D eigenvalue weighted by atomic mass is 10.0. The summed E-state index contributed by atoms with van der Waals surface area (Å²) in [4.78, 5) is 30.0. The van der Waals surface area contributed by atoms with Gasteiger partial charge in [0.1, 0.15) is 30.3 Å². The second kappa shape index (κ2) is 14.6. The van der Waals surface area contributed by atoms with E-state index in [2.05, 4.69) is 0 Å². The molecule has 0 radical (unpaired) electrons. The number of methoxy groups -OCH3 is 1. The Morgan fingerprint density at radius 2 is 1.76 bits per heavy atom. The first-order valence-corrected chi connectivity index (χ1v) is 14.0. The van der Waals surface area contributed by atoms with Crippen LogP contribution in [0.1, 0.15) is 31.2 Å². The molecule has 2 aliphatic rings. The maximum Gasteiger partial charge on any atom is 0.248 e. The Kier molecular flexibility index (Phi) is 10.9. The van der Waals surface area contributed by atoms with E-state index in [-0.39, 0.29) is 43.9 Å². The number of amides is 2. The lowest BCUT2D eigenvalue weighted by Crippen LogP contribution is -2.52. The van der Waals surface area contributed by atoms with Crippen LogP contribution >= 0.6 is 0 Å². The molecule has 0 saturated carbocycles. The molecule has 0 bridgehead atoms. The van der Waals surface area contributed by atoms with Gasteiger partial charge in [-0.1, -0.05) is 12.1 Å². The molecule has 0 spiro atoms. The van der Waals surface area contributed by atoms with Crippen molar-refractivity contribution in [3.63, 3.8) is 0 Å². The zero-order chi connectivity index (χ0) is 29.2. The average Bonchev–Trinajstić information content (AvgIpc) is 3.12. The Balaban J connectivity index is 1.33.